The van der Waals surface area contributed by atoms with Gasteiger partial charge in [-0.05, 0) is 43.9 Å². The van der Waals surface area contributed by atoms with Crippen molar-refractivity contribution in [3.8, 4) is 5.75 Å². The lowest BCUT2D eigenvalue weighted by Crippen LogP contribution is -2.43. The fourth-order valence-electron chi connectivity index (χ4n) is 3.48. The Hall–Kier alpha value is -2.98. The van der Waals surface area contributed by atoms with E-state index < -0.39 is 26.9 Å². The van der Waals surface area contributed by atoms with Gasteiger partial charge in [-0.1, -0.05) is 12.1 Å². The molecule has 1 aliphatic rings. The number of nitrogens with one attached hydrogen (secondary N) is 1. The van der Waals surface area contributed by atoms with Crippen LogP contribution in [0.15, 0.2) is 41.3 Å². The summed E-state index contributed by atoms with van der Waals surface area (Å²) in [7, 11) is -2.48. The van der Waals surface area contributed by atoms with Crippen LogP contribution in [-0.2, 0) is 14.8 Å². The highest BCUT2D eigenvalue weighted by molar-refractivity contribution is 7.89. The summed E-state index contributed by atoms with van der Waals surface area (Å²) in [6.45, 7) is 3.61. The number of carbonyl (C=O) groups excluding carboxylic acids is 1. The van der Waals surface area contributed by atoms with Gasteiger partial charge in [0.25, 0.3) is 5.69 Å². The van der Waals surface area contributed by atoms with Crippen LogP contribution < -0.4 is 10.1 Å². The van der Waals surface area contributed by atoms with Crippen molar-refractivity contribution in [1.82, 2.24) is 4.31 Å². The number of non-ortho nitro benzene ring substituents is 1. The first-order valence-electron chi connectivity index (χ1n) is 9.37. The highest BCUT2D eigenvalue weighted by Gasteiger charge is 2.40. The molecule has 9 nitrogen and oxygen atoms in total. The third-order valence-corrected chi connectivity index (χ3v) is 7.23. The molecule has 30 heavy (non-hydrogen) atoms. The summed E-state index contributed by atoms with van der Waals surface area (Å²) < 4.78 is 32.9. The fourth-order valence-corrected chi connectivity index (χ4v) is 5.37. The predicted octanol–water partition coefficient (Wildman–Crippen LogP) is 3.01. The number of methoxy groups -OCH3 is 1. The molecule has 10 heteroatoms. The van der Waals surface area contributed by atoms with Crippen molar-refractivity contribution >= 4 is 27.3 Å². The Bertz CT molecular complexity index is 1100. The molecule has 1 amide bonds. The normalized spacial score (nSPS) is 17.0. The van der Waals surface area contributed by atoms with E-state index in [9.17, 15) is 23.3 Å². The first-order chi connectivity index (χ1) is 14.1. The number of nitrogens with zero attached hydrogens (tertiary/aromatic N) is 2. The van der Waals surface area contributed by atoms with Gasteiger partial charge in [0.2, 0.25) is 15.9 Å². The second-order valence-electron chi connectivity index (χ2n) is 7.15. The molecule has 0 bridgehead atoms. The number of carbonyl (C=O) groups is 1. The lowest BCUT2D eigenvalue weighted by Gasteiger charge is -2.24. The molecule has 1 aliphatic heterocycles. The monoisotopic (exact) mass is 433 g/mol. The zero-order valence-corrected chi connectivity index (χ0v) is 17.7. The summed E-state index contributed by atoms with van der Waals surface area (Å²) in [5.74, 6) is -0.105. The lowest BCUT2D eigenvalue weighted by molar-refractivity contribution is -0.384. The van der Waals surface area contributed by atoms with Crippen LogP contribution in [0.2, 0.25) is 0 Å². The van der Waals surface area contributed by atoms with E-state index in [4.69, 9.17) is 4.74 Å². The molecule has 1 fully saturated rings. The van der Waals surface area contributed by atoms with Crippen molar-refractivity contribution in [2.45, 2.75) is 37.6 Å². The number of benzene rings is 2. The van der Waals surface area contributed by atoms with Crippen molar-refractivity contribution in [1.29, 1.82) is 0 Å². The molecule has 2 aromatic rings. The highest BCUT2D eigenvalue weighted by Crippen LogP contribution is 2.31. The van der Waals surface area contributed by atoms with E-state index >= 15 is 0 Å². The van der Waals surface area contributed by atoms with Gasteiger partial charge < -0.3 is 10.1 Å². The lowest BCUT2D eigenvalue weighted by atomic mass is 10.1. The van der Waals surface area contributed by atoms with E-state index in [1.807, 2.05) is 0 Å². The van der Waals surface area contributed by atoms with Gasteiger partial charge >= 0.3 is 0 Å². The maximum absolute atomic E-state index is 13.3. The third kappa shape index (κ3) is 4.14. The van der Waals surface area contributed by atoms with Crippen LogP contribution in [0, 0.1) is 24.0 Å². The molecule has 160 valence electrons. The molecule has 1 unspecified atom stereocenters. The van der Waals surface area contributed by atoms with Gasteiger partial charge in [-0.15, -0.1) is 0 Å². The molecule has 1 N–H and O–H groups in total. The maximum Gasteiger partial charge on any atom is 0.271 e. The van der Waals surface area contributed by atoms with Gasteiger partial charge in [-0.3, -0.25) is 14.9 Å². The Morgan fingerprint density at radius 2 is 1.90 bits per heavy atom. The molecule has 0 radical (unpaired) electrons. The van der Waals surface area contributed by atoms with Crippen molar-refractivity contribution in [3.63, 3.8) is 0 Å². The standard InChI is InChI=1S/C20H23N3O6S/c1-13-6-8-15(23(25)26)11-17(13)21-20(24)18-5-4-10-22(18)30(27,28)19-12-16(29-3)9-7-14(19)2/h6-9,11-12,18H,4-5,10H2,1-3H3,(H,21,24). The van der Waals surface area contributed by atoms with Gasteiger partial charge in [0.15, 0.2) is 0 Å². The molecule has 1 saturated heterocycles. The van der Waals surface area contributed by atoms with Crippen LogP contribution in [0.25, 0.3) is 0 Å². The largest absolute Gasteiger partial charge is 0.497 e. The molecular formula is C20H23N3O6S. The molecule has 1 heterocycles. The Morgan fingerprint density at radius 1 is 1.20 bits per heavy atom. The Balaban J connectivity index is 1.90. The topological polar surface area (TPSA) is 119 Å². The summed E-state index contributed by atoms with van der Waals surface area (Å²) in [5, 5.41) is 13.7. The van der Waals surface area contributed by atoms with E-state index in [1.165, 1.54) is 35.7 Å². The summed E-state index contributed by atoms with van der Waals surface area (Å²) in [6, 6.07) is 8.03. The number of sulfonamides is 1. The number of rotatable bonds is 6. The first-order valence-corrected chi connectivity index (χ1v) is 10.8. The number of nitro benzene ring substituents is 1. The van der Waals surface area contributed by atoms with Crippen LogP contribution >= 0.6 is 0 Å². The molecule has 0 spiro atoms. The molecule has 0 aliphatic carbocycles. The zero-order chi connectivity index (χ0) is 22.1. The molecule has 2 aromatic carbocycles. The van der Waals surface area contributed by atoms with Gasteiger partial charge in [-0.25, -0.2) is 8.42 Å². The average molecular weight is 433 g/mol. The highest BCUT2D eigenvalue weighted by atomic mass is 32.2. The van der Waals surface area contributed by atoms with Gasteiger partial charge in [0.05, 0.1) is 22.6 Å². The second-order valence-corrected chi connectivity index (χ2v) is 9.01. The zero-order valence-electron chi connectivity index (χ0n) is 16.9. The summed E-state index contributed by atoms with van der Waals surface area (Å²) in [5.41, 5.74) is 1.33. The summed E-state index contributed by atoms with van der Waals surface area (Å²) in [4.78, 5) is 23.5. The van der Waals surface area contributed by atoms with Crippen LogP contribution in [0.4, 0.5) is 11.4 Å². The number of nitro groups is 1. The Kier molecular flexibility index (Phi) is 6.09. The first kappa shape index (κ1) is 21.7. The van der Waals surface area contributed by atoms with Crippen LogP contribution in [0.1, 0.15) is 24.0 Å². The smallest absolute Gasteiger partial charge is 0.271 e. The minimum Gasteiger partial charge on any atom is -0.497 e. The minimum atomic E-state index is -3.94. The quantitative estimate of drug-likeness (QED) is 0.552. The van der Waals surface area contributed by atoms with Crippen LogP contribution in [0.5, 0.6) is 5.75 Å². The molecular weight excluding hydrogens is 410 g/mol. The van der Waals surface area contributed by atoms with Gasteiger partial charge in [0, 0.05) is 24.7 Å². The number of hydrogen-bond donors (Lipinski definition) is 1. The second kappa shape index (κ2) is 8.41. The summed E-state index contributed by atoms with van der Waals surface area (Å²) >= 11 is 0. The SMILES string of the molecule is COc1ccc(C)c(S(=O)(=O)N2CCCC2C(=O)Nc2cc([N+](=O)[O-])ccc2C)c1. The van der Waals surface area contributed by atoms with Crippen molar-refractivity contribution in [2.75, 3.05) is 19.0 Å². The number of anilines is 1. The van der Waals surface area contributed by atoms with E-state index in [1.54, 1.807) is 26.0 Å². The molecule has 0 saturated carbocycles. The van der Waals surface area contributed by atoms with Crippen LogP contribution in [-0.4, -0.2) is 43.2 Å². The van der Waals surface area contributed by atoms with Crippen LogP contribution in [0.3, 0.4) is 0 Å². The van der Waals surface area contributed by atoms with Crippen molar-refractivity contribution in [2.24, 2.45) is 0 Å². The summed E-state index contributed by atoms with van der Waals surface area (Å²) in [6.07, 6.45) is 0.899. The van der Waals surface area contributed by atoms with E-state index in [0.29, 0.717) is 29.7 Å². The number of hydrogen-bond acceptors (Lipinski definition) is 6. The molecule has 3 rings (SSSR count). The van der Waals surface area contributed by atoms with Gasteiger partial charge in [-0.2, -0.15) is 4.31 Å². The number of aryl methyl sites for hydroxylation is 2. The maximum atomic E-state index is 13.3. The van der Waals surface area contributed by atoms with Crippen molar-refractivity contribution in [3.05, 3.63) is 57.6 Å². The van der Waals surface area contributed by atoms with E-state index in [-0.39, 0.29) is 22.8 Å². The number of amides is 1. The fraction of sp³-hybridized carbons (Fsp3) is 0.350. The molecule has 0 aromatic heterocycles. The van der Waals surface area contributed by atoms with E-state index in [2.05, 4.69) is 5.32 Å². The third-order valence-electron chi connectivity index (χ3n) is 5.18. The minimum absolute atomic E-state index is 0.0908. The average Bonchev–Trinajstić information content (AvgIpc) is 3.20. The van der Waals surface area contributed by atoms with Gasteiger partial charge in [0.1, 0.15) is 11.8 Å². The van der Waals surface area contributed by atoms with Crippen molar-refractivity contribution < 1.29 is 22.9 Å². The molecule has 1 atom stereocenters. The Labute approximate surface area is 174 Å². The Morgan fingerprint density at radius 3 is 2.57 bits per heavy atom. The number of ether oxygens (including phenoxy) is 1. The predicted molar refractivity (Wildman–Crippen MR) is 111 cm³/mol. The van der Waals surface area contributed by atoms with E-state index in [0.717, 1.165) is 0 Å².